The highest BCUT2D eigenvalue weighted by atomic mass is 16.3. The molecule has 1 aromatic rings. The molecular weight excluding hydrogens is 224 g/mol. The predicted molar refractivity (Wildman–Crippen MR) is 74.4 cm³/mol. The average Bonchev–Trinajstić information content (AvgIpc) is 2.78. The molecule has 1 heterocycles. The number of likely N-dealkylation sites (tertiary alicyclic amines) is 1. The SMILES string of the molecule is CN(CCO)C[C@@H]1CCN(Cc2ccccc2)C1. The summed E-state index contributed by atoms with van der Waals surface area (Å²) in [6, 6.07) is 10.7. The Bertz CT molecular complexity index is 342. The Hall–Kier alpha value is -0.900. The minimum atomic E-state index is 0.261. The first kappa shape index (κ1) is 13.5. The highest BCUT2D eigenvalue weighted by molar-refractivity contribution is 5.14. The fourth-order valence-electron chi connectivity index (χ4n) is 2.75. The zero-order valence-corrected chi connectivity index (χ0v) is 11.3. The van der Waals surface area contributed by atoms with Crippen molar-refractivity contribution < 1.29 is 5.11 Å². The number of nitrogens with zero attached hydrogens (tertiary/aromatic N) is 2. The molecule has 1 N–H and O–H groups in total. The summed E-state index contributed by atoms with van der Waals surface area (Å²) in [6.07, 6.45) is 1.28. The second-order valence-electron chi connectivity index (χ2n) is 5.36. The Morgan fingerprint density at radius 1 is 1.33 bits per heavy atom. The van der Waals surface area contributed by atoms with Gasteiger partial charge < -0.3 is 10.0 Å². The van der Waals surface area contributed by atoms with Gasteiger partial charge in [0.1, 0.15) is 0 Å². The third-order valence-electron chi connectivity index (χ3n) is 3.67. The smallest absolute Gasteiger partial charge is 0.0558 e. The summed E-state index contributed by atoms with van der Waals surface area (Å²) in [6.45, 7) is 5.61. The van der Waals surface area contributed by atoms with E-state index in [2.05, 4.69) is 47.2 Å². The van der Waals surface area contributed by atoms with Gasteiger partial charge in [-0.2, -0.15) is 0 Å². The molecule has 3 nitrogen and oxygen atoms in total. The van der Waals surface area contributed by atoms with Crippen LogP contribution in [0.3, 0.4) is 0 Å². The first-order valence-corrected chi connectivity index (χ1v) is 6.83. The van der Waals surface area contributed by atoms with E-state index in [9.17, 15) is 0 Å². The lowest BCUT2D eigenvalue weighted by Gasteiger charge is -2.20. The van der Waals surface area contributed by atoms with E-state index in [1.807, 2.05) is 0 Å². The third kappa shape index (κ3) is 4.09. The van der Waals surface area contributed by atoms with Crippen molar-refractivity contribution >= 4 is 0 Å². The van der Waals surface area contributed by atoms with E-state index in [1.165, 1.54) is 25.1 Å². The van der Waals surface area contributed by atoms with Crippen LogP contribution in [-0.2, 0) is 6.54 Å². The van der Waals surface area contributed by atoms with Gasteiger partial charge in [0, 0.05) is 26.2 Å². The third-order valence-corrected chi connectivity index (χ3v) is 3.67. The summed E-state index contributed by atoms with van der Waals surface area (Å²) >= 11 is 0. The lowest BCUT2D eigenvalue weighted by molar-refractivity contribution is 0.200. The van der Waals surface area contributed by atoms with E-state index < -0.39 is 0 Å². The van der Waals surface area contributed by atoms with Crippen LogP contribution in [0.1, 0.15) is 12.0 Å². The summed E-state index contributed by atoms with van der Waals surface area (Å²) in [4.78, 5) is 4.77. The molecule has 1 fully saturated rings. The number of likely N-dealkylation sites (N-methyl/N-ethyl adjacent to an activating group) is 1. The van der Waals surface area contributed by atoms with Gasteiger partial charge in [-0.05, 0) is 31.5 Å². The van der Waals surface area contributed by atoms with Gasteiger partial charge in [0.25, 0.3) is 0 Å². The molecule has 1 aliphatic rings. The van der Waals surface area contributed by atoms with E-state index in [1.54, 1.807) is 0 Å². The molecule has 1 atom stereocenters. The van der Waals surface area contributed by atoms with Gasteiger partial charge in [0.15, 0.2) is 0 Å². The van der Waals surface area contributed by atoms with Crippen LogP contribution in [0.2, 0.25) is 0 Å². The number of aliphatic hydroxyl groups is 1. The second-order valence-corrected chi connectivity index (χ2v) is 5.36. The van der Waals surface area contributed by atoms with Crippen molar-refractivity contribution in [1.29, 1.82) is 0 Å². The van der Waals surface area contributed by atoms with Gasteiger partial charge in [0.2, 0.25) is 0 Å². The lowest BCUT2D eigenvalue weighted by Crippen LogP contribution is -2.30. The van der Waals surface area contributed by atoms with Crippen molar-refractivity contribution in [1.82, 2.24) is 9.80 Å². The van der Waals surface area contributed by atoms with Gasteiger partial charge in [0.05, 0.1) is 6.61 Å². The minimum Gasteiger partial charge on any atom is -0.395 e. The molecule has 0 aliphatic carbocycles. The fraction of sp³-hybridized carbons (Fsp3) is 0.600. The van der Waals surface area contributed by atoms with E-state index in [0.717, 1.165) is 25.6 Å². The van der Waals surface area contributed by atoms with Crippen molar-refractivity contribution in [3.8, 4) is 0 Å². The van der Waals surface area contributed by atoms with Gasteiger partial charge in [-0.1, -0.05) is 30.3 Å². The zero-order chi connectivity index (χ0) is 12.8. The summed E-state index contributed by atoms with van der Waals surface area (Å²) < 4.78 is 0. The maximum Gasteiger partial charge on any atom is 0.0558 e. The maximum atomic E-state index is 8.91. The lowest BCUT2D eigenvalue weighted by atomic mass is 10.1. The molecule has 0 bridgehead atoms. The van der Waals surface area contributed by atoms with E-state index in [-0.39, 0.29) is 6.61 Å². The largest absolute Gasteiger partial charge is 0.395 e. The van der Waals surface area contributed by atoms with Crippen molar-refractivity contribution in [3.63, 3.8) is 0 Å². The minimum absolute atomic E-state index is 0.261. The number of hydrogen-bond donors (Lipinski definition) is 1. The molecule has 2 rings (SSSR count). The van der Waals surface area contributed by atoms with Crippen molar-refractivity contribution in [2.45, 2.75) is 13.0 Å². The van der Waals surface area contributed by atoms with Gasteiger partial charge in [-0.15, -0.1) is 0 Å². The van der Waals surface area contributed by atoms with Crippen LogP contribution in [0, 0.1) is 5.92 Å². The number of benzene rings is 1. The predicted octanol–water partition coefficient (Wildman–Crippen LogP) is 1.43. The molecule has 18 heavy (non-hydrogen) atoms. The first-order valence-electron chi connectivity index (χ1n) is 6.83. The van der Waals surface area contributed by atoms with Crippen LogP contribution in [0.5, 0.6) is 0 Å². The molecule has 0 unspecified atom stereocenters. The number of rotatable bonds is 6. The van der Waals surface area contributed by atoms with Crippen LogP contribution in [0.4, 0.5) is 0 Å². The molecule has 0 radical (unpaired) electrons. The zero-order valence-electron chi connectivity index (χ0n) is 11.3. The molecule has 1 saturated heterocycles. The van der Waals surface area contributed by atoms with E-state index >= 15 is 0 Å². The summed E-state index contributed by atoms with van der Waals surface area (Å²) in [7, 11) is 2.09. The number of hydrogen-bond acceptors (Lipinski definition) is 3. The molecule has 0 aromatic heterocycles. The Kier molecular flexibility index (Phi) is 5.17. The normalized spacial score (nSPS) is 20.7. The Morgan fingerprint density at radius 3 is 2.83 bits per heavy atom. The van der Waals surface area contributed by atoms with Gasteiger partial charge in [-0.3, -0.25) is 4.90 Å². The van der Waals surface area contributed by atoms with Gasteiger partial charge >= 0.3 is 0 Å². The fourth-order valence-corrected chi connectivity index (χ4v) is 2.75. The monoisotopic (exact) mass is 248 g/mol. The second kappa shape index (κ2) is 6.88. The molecule has 1 aliphatic heterocycles. The molecule has 0 amide bonds. The summed E-state index contributed by atoms with van der Waals surface area (Å²) in [5, 5.41) is 8.91. The van der Waals surface area contributed by atoms with Crippen LogP contribution in [-0.4, -0.2) is 54.7 Å². The van der Waals surface area contributed by atoms with Crippen molar-refractivity contribution in [2.75, 3.05) is 39.8 Å². The Morgan fingerprint density at radius 2 is 2.11 bits per heavy atom. The average molecular weight is 248 g/mol. The summed E-state index contributed by atoms with van der Waals surface area (Å²) in [5.74, 6) is 0.755. The van der Waals surface area contributed by atoms with E-state index in [0.29, 0.717) is 0 Å². The van der Waals surface area contributed by atoms with Crippen LogP contribution in [0.15, 0.2) is 30.3 Å². The molecule has 1 aromatic carbocycles. The van der Waals surface area contributed by atoms with Crippen molar-refractivity contribution in [2.24, 2.45) is 5.92 Å². The highest BCUT2D eigenvalue weighted by Gasteiger charge is 2.23. The topological polar surface area (TPSA) is 26.7 Å². The molecule has 3 heteroatoms. The molecular formula is C15H24N2O. The summed E-state index contributed by atoms with van der Waals surface area (Å²) in [5.41, 5.74) is 1.40. The quantitative estimate of drug-likeness (QED) is 0.825. The van der Waals surface area contributed by atoms with Crippen molar-refractivity contribution in [3.05, 3.63) is 35.9 Å². The van der Waals surface area contributed by atoms with Crippen LogP contribution < -0.4 is 0 Å². The first-order chi connectivity index (χ1) is 8.78. The standard InChI is InChI=1S/C15H24N2O/c1-16(9-10-18)11-15-7-8-17(13-15)12-14-5-3-2-4-6-14/h2-6,15,18H,7-13H2,1H3/t15-/m0/s1. The molecule has 0 saturated carbocycles. The molecule has 0 spiro atoms. The highest BCUT2D eigenvalue weighted by Crippen LogP contribution is 2.19. The van der Waals surface area contributed by atoms with Crippen LogP contribution >= 0.6 is 0 Å². The Balaban J connectivity index is 1.75. The number of aliphatic hydroxyl groups excluding tert-OH is 1. The maximum absolute atomic E-state index is 8.91. The molecule has 100 valence electrons. The van der Waals surface area contributed by atoms with E-state index in [4.69, 9.17) is 5.11 Å². The van der Waals surface area contributed by atoms with Gasteiger partial charge in [-0.25, -0.2) is 0 Å². The van der Waals surface area contributed by atoms with Crippen LogP contribution in [0.25, 0.3) is 0 Å². The Labute approximate surface area is 110 Å².